The molecule has 1 N–H and O–H groups in total. The second-order valence-electron chi connectivity index (χ2n) is 6.35. The fourth-order valence-electron chi connectivity index (χ4n) is 2.78. The summed E-state index contributed by atoms with van der Waals surface area (Å²) in [6, 6.07) is 10.4. The molecule has 0 bridgehead atoms. The van der Waals surface area contributed by atoms with Crippen LogP contribution in [0.2, 0.25) is 0 Å². The van der Waals surface area contributed by atoms with E-state index in [1.54, 1.807) is 0 Å². The lowest BCUT2D eigenvalue weighted by Gasteiger charge is -2.27. The van der Waals surface area contributed by atoms with E-state index >= 15 is 0 Å². The van der Waals surface area contributed by atoms with Crippen LogP contribution in [-0.2, 0) is 16.0 Å². The van der Waals surface area contributed by atoms with Gasteiger partial charge in [-0.05, 0) is 32.3 Å². The Morgan fingerprint density at radius 3 is 2.73 bits per heavy atom. The molecule has 1 heterocycles. The van der Waals surface area contributed by atoms with Gasteiger partial charge >= 0.3 is 0 Å². The van der Waals surface area contributed by atoms with Crippen LogP contribution in [0.4, 0.5) is 0 Å². The Labute approximate surface area is 134 Å². The van der Waals surface area contributed by atoms with Crippen molar-refractivity contribution in [3.8, 4) is 0 Å². The molecule has 1 aliphatic heterocycles. The molecule has 1 saturated heterocycles. The summed E-state index contributed by atoms with van der Waals surface area (Å²) >= 11 is 0. The van der Waals surface area contributed by atoms with Gasteiger partial charge in [-0.15, -0.1) is 0 Å². The predicted octanol–water partition coefficient (Wildman–Crippen LogP) is 2.45. The van der Waals surface area contributed by atoms with Crippen LogP contribution < -0.4 is 0 Å². The zero-order valence-corrected chi connectivity index (χ0v) is 13.8. The Morgan fingerprint density at radius 2 is 2.09 bits per heavy atom. The van der Waals surface area contributed by atoms with Crippen molar-refractivity contribution < 1.29 is 14.6 Å². The monoisotopic (exact) mass is 307 g/mol. The van der Waals surface area contributed by atoms with E-state index in [2.05, 4.69) is 29.2 Å². The molecule has 4 heteroatoms. The van der Waals surface area contributed by atoms with Gasteiger partial charge in [0.25, 0.3) is 0 Å². The summed E-state index contributed by atoms with van der Waals surface area (Å²) in [6.45, 7) is 7.54. The molecule has 0 aromatic heterocycles. The van der Waals surface area contributed by atoms with Crippen molar-refractivity contribution in [3.05, 3.63) is 35.9 Å². The molecule has 0 amide bonds. The van der Waals surface area contributed by atoms with Crippen molar-refractivity contribution in [2.75, 3.05) is 26.3 Å². The van der Waals surface area contributed by atoms with E-state index in [1.165, 1.54) is 5.56 Å². The van der Waals surface area contributed by atoms with Crippen LogP contribution in [0.15, 0.2) is 30.3 Å². The minimum atomic E-state index is -0.465. The first-order valence-electron chi connectivity index (χ1n) is 8.31. The number of hydrogen-bond acceptors (Lipinski definition) is 4. The fraction of sp³-hybridized carbons (Fsp3) is 0.667. The molecular formula is C18H29NO3. The highest BCUT2D eigenvalue weighted by atomic mass is 16.5. The molecule has 0 unspecified atom stereocenters. The third-order valence-electron chi connectivity index (χ3n) is 3.83. The van der Waals surface area contributed by atoms with E-state index in [0.29, 0.717) is 19.3 Å². The molecule has 1 aliphatic rings. The Balaban J connectivity index is 1.88. The molecule has 1 aromatic carbocycles. The van der Waals surface area contributed by atoms with E-state index in [4.69, 9.17) is 9.47 Å². The van der Waals surface area contributed by atoms with Gasteiger partial charge in [-0.25, -0.2) is 0 Å². The summed E-state index contributed by atoms with van der Waals surface area (Å²) in [7, 11) is 0. The molecule has 2 rings (SSSR count). The highest BCUT2D eigenvalue weighted by molar-refractivity contribution is 5.14. The SMILES string of the molecule is CC(C)OC[C@H](O)CN(Cc1ccccc1)C[C@@H]1CCCO1. The first-order chi connectivity index (χ1) is 10.6. The summed E-state index contributed by atoms with van der Waals surface area (Å²) in [5.74, 6) is 0. The summed E-state index contributed by atoms with van der Waals surface area (Å²) in [6.07, 6.45) is 2.23. The number of benzene rings is 1. The number of nitrogens with zero attached hydrogens (tertiary/aromatic N) is 1. The van der Waals surface area contributed by atoms with Gasteiger partial charge in [-0.3, -0.25) is 4.90 Å². The lowest BCUT2D eigenvalue weighted by atomic mass is 10.1. The summed E-state index contributed by atoms with van der Waals surface area (Å²) in [5.41, 5.74) is 1.26. The molecule has 0 aliphatic carbocycles. The third-order valence-corrected chi connectivity index (χ3v) is 3.83. The Morgan fingerprint density at radius 1 is 1.32 bits per heavy atom. The van der Waals surface area contributed by atoms with Crippen molar-refractivity contribution in [2.24, 2.45) is 0 Å². The molecule has 22 heavy (non-hydrogen) atoms. The molecule has 0 spiro atoms. The highest BCUT2D eigenvalue weighted by Crippen LogP contribution is 2.15. The second kappa shape index (κ2) is 9.26. The molecule has 0 radical (unpaired) electrons. The van der Waals surface area contributed by atoms with Crippen LogP contribution in [0.1, 0.15) is 32.3 Å². The fourth-order valence-corrected chi connectivity index (χ4v) is 2.78. The van der Waals surface area contributed by atoms with Gasteiger partial charge < -0.3 is 14.6 Å². The smallest absolute Gasteiger partial charge is 0.0900 e. The average Bonchev–Trinajstić information content (AvgIpc) is 2.99. The largest absolute Gasteiger partial charge is 0.389 e. The second-order valence-corrected chi connectivity index (χ2v) is 6.35. The number of aliphatic hydroxyl groups excluding tert-OH is 1. The van der Waals surface area contributed by atoms with Crippen molar-refractivity contribution >= 4 is 0 Å². The average molecular weight is 307 g/mol. The Kier molecular flexibility index (Phi) is 7.33. The lowest BCUT2D eigenvalue weighted by Crippen LogP contribution is -2.39. The topological polar surface area (TPSA) is 41.9 Å². The van der Waals surface area contributed by atoms with E-state index < -0.39 is 6.10 Å². The van der Waals surface area contributed by atoms with Crippen molar-refractivity contribution in [2.45, 2.75) is 51.5 Å². The molecule has 1 fully saturated rings. The maximum Gasteiger partial charge on any atom is 0.0900 e. The minimum absolute atomic E-state index is 0.149. The minimum Gasteiger partial charge on any atom is -0.389 e. The number of aliphatic hydroxyl groups is 1. The van der Waals surface area contributed by atoms with Gasteiger partial charge in [-0.1, -0.05) is 30.3 Å². The number of ether oxygens (including phenoxy) is 2. The molecule has 0 saturated carbocycles. The van der Waals surface area contributed by atoms with E-state index in [-0.39, 0.29) is 6.10 Å². The van der Waals surface area contributed by atoms with Crippen LogP contribution in [-0.4, -0.2) is 54.6 Å². The first-order valence-corrected chi connectivity index (χ1v) is 8.31. The molecule has 4 nitrogen and oxygen atoms in total. The lowest BCUT2D eigenvalue weighted by molar-refractivity contribution is -0.0172. The van der Waals surface area contributed by atoms with Crippen LogP contribution >= 0.6 is 0 Å². The molecule has 1 aromatic rings. The maximum absolute atomic E-state index is 10.2. The van der Waals surface area contributed by atoms with Gasteiger partial charge in [-0.2, -0.15) is 0 Å². The summed E-state index contributed by atoms with van der Waals surface area (Å²) in [4.78, 5) is 2.28. The van der Waals surface area contributed by atoms with E-state index in [9.17, 15) is 5.11 Å². The van der Waals surface area contributed by atoms with E-state index in [0.717, 1.165) is 32.5 Å². The number of rotatable bonds is 9. The highest BCUT2D eigenvalue weighted by Gasteiger charge is 2.21. The quantitative estimate of drug-likeness (QED) is 0.761. The van der Waals surface area contributed by atoms with Crippen molar-refractivity contribution in [3.63, 3.8) is 0 Å². The Hall–Kier alpha value is -0.940. The zero-order valence-electron chi connectivity index (χ0n) is 13.8. The van der Waals surface area contributed by atoms with Gasteiger partial charge in [0.2, 0.25) is 0 Å². The normalized spacial score (nSPS) is 20.0. The molecule has 2 atom stereocenters. The molecule has 124 valence electrons. The van der Waals surface area contributed by atoms with Crippen LogP contribution in [0.5, 0.6) is 0 Å². The Bertz CT molecular complexity index is 404. The summed E-state index contributed by atoms with van der Waals surface area (Å²) < 4.78 is 11.3. The predicted molar refractivity (Wildman–Crippen MR) is 87.8 cm³/mol. The molecular weight excluding hydrogens is 278 g/mol. The van der Waals surface area contributed by atoms with Crippen LogP contribution in [0, 0.1) is 0 Å². The van der Waals surface area contributed by atoms with Gasteiger partial charge in [0.05, 0.1) is 24.9 Å². The van der Waals surface area contributed by atoms with Gasteiger partial charge in [0.15, 0.2) is 0 Å². The van der Waals surface area contributed by atoms with Crippen LogP contribution in [0.3, 0.4) is 0 Å². The van der Waals surface area contributed by atoms with Crippen molar-refractivity contribution in [1.82, 2.24) is 4.90 Å². The number of hydrogen-bond donors (Lipinski definition) is 1. The third kappa shape index (κ3) is 6.44. The summed E-state index contributed by atoms with van der Waals surface area (Å²) in [5, 5.41) is 10.2. The van der Waals surface area contributed by atoms with E-state index in [1.807, 2.05) is 19.9 Å². The van der Waals surface area contributed by atoms with Gasteiger partial charge in [0, 0.05) is 26.2 Å². The van der Waals surface area contributed by atoms with Crippen molar-refractivity contribution in [1.29, 1.82) is 0 Å². The van der Waals surface area contributed by atoms with Gasteiger partial charge in [0.1, 0.15) is 0 Å². The van der Waals surface area contributed by atoms with Crippen LogP contribution in [0.25, 0.3) is 0 Å². The zero-order chi connectivity index (χ0) is 15.8. The maximum atomic E-state index is 10.2. The standard InChI is InChI=1S/C18H29NO3/c1-15(2)22-14-17(20)12-19(13-18-9-6-10-21-18)11-16-7-4-3-5-8-16/h3-5,7-8,15,17-18,20H,6,9-14H2,1-2H3/t17-,18+/m1/s1. The first kappa shape index (κ1) is 17.4.